The van der Waals surface area contributed by atoms with E-state index in [1.807, 2.05) is 12.1 Å². The van der Waals surface area contributed by atoms with Gasteiger partial charge in [-0.2, -0.15) is 18.4 Å². The van der Waals surface area contributed by atoms with Crippen molar-refractivity contribution in [3.8, 4) is 6.07 Å². The molecule has 3 aromatic rings. The van der Waals surface area contributed by atoms with Crippen molar-refractivity contribution in [2.24, 2.45) is 0 Å². The van der Waals surface area contributed by atoms with Gasteiger partial charge in [0.25, 0.3) is 0 Å². The molecular formula is C28H30F3N7O5P2. The summed E-state index contributed by atoms with van der Waals surface area (Å²) in [4.78, 5) is 36.0. The molecule has 0 spiro atoms. The van der Waals surface area contributed by atoms with E-state index >= 15 is 0 Å². The minimum absolute atomic E-state index is 0.0291. The highest BCUT2D eigenvalue weighted by Gasteiger charge is 2.39. The number of carbonyl (C=O) groups is 3. The number of hydrogen-bond acceptors (Lipinski definition) is 10. The van der Waals surface area contributed by atoms with Gasteiger partial charge in [0.1, 0.15) is 6.07 Å². The molecule has 0 saturated heterocycles. The second kappa shape index (κ2) is 18.8. The lowest BCUT2D eigenvalue weighted by Gasteiger charge is -2.09. The van der Waals surface area contributed by atoms with Crippen LogP contribution in [0.3, 0.4) is 0 Å². The fourth-order valence-electron chi connectivity index (χ4n) is 3.24. The van der Waals surface area contributed by atoms with Gasteiger partial charge >= 0.3 is 24.0 Å². The van der Waals surface area contributed by atoms with Crippen LogP contribution in [-0.2, 0) is 27.4 Å². The van der Waals surface area contributed by atoms with E-state index in [1.165, 1.54) is 50.1 Å². The largest absolute Gasteiger partial charge is 0.471 e. The average molecular weight is 664 g/mol. The molecule has 0 aliphatic heterocycles. The Labute approximate surface area is 262 Å². The zero-order valence-corrected chi connectivity index (χ0v) is 26.3. The van der Waals surface area contributed by atoms with E-state index in [4.69, 9.17) is 23.3 Å². The van der Waals surface area contributed by atoms with Crippen molar-refractivity contribution < 1.29 is 37.0 Å². The molecule has 3 aromatic carbocycles. The maximum absolute atomic E-state index is 12.0. The molecule has 0 saturated carbocycles. The van der Waals surface area contributed by atoms with E-state index in [1.54, 1.807) is 11.4 Å². The molecule has 2 unspecified atom stereocenters. The summed E-state index contributed by atoms with van der Waals surface area (Å²) in [5.41, 5.74) is 14.9. The highest BCUT2D eigenvalue weighted by molar-refractivity contribution is 7.13. The summed E-state index contributed by atoms with van der Waals surface area (Å²) in [6, 6.07) is 15.4. The number of nitrogens with zero attached hydrogens (tertiary/aromatic N) is 2. The number of carbonyl (C=O) groups excluding carboxylic acids is 3. The Hall–Kier alpha value is -4.78. The third kappa shape index (κ3) is 12.4. The van der Waals surface area contributed by atoms with E-state index < -0.39 is 24.0 Å². The minimum Gasteiger partial charge on any atom is -0.465 e. The fourth-order valence-corrected chi connectivity index (χ4v) is 3.70. The van der Waals surface area contributed by atoms with Crippen molar-refractivity contribution >= 4 is 59.4 Å². The number of alkyl halides is 3. The number of nitrogen functional groups attached to an aromatic ring is 2. The maximum Gasteiger partial charge on any atom is 0.471 e. The third-order valence-electron chi connectivity index (χ3n) is 5.45. The molecule has 238 valence electrons. The number of methoxy groups -OCH3 is 2. The number of hydrogen-bond donors (Lipinski definition) is 5. The molecule has 7 N–H and O–H groups in total. The Morgan fingerprint density at radius 2 is 1.58 bits per heavy atom. The van der Waals surface area contributed by atoms with Gasteiger partial charge in [0.2, 0.25) is 0 Å². The number of halogens is 3. The van der Waals surface area contributed by atoms with Crippen LogP contribution in [0.4, 0.5) is 35.9 Å². The number of anilines is 3. The van der Waals surface area contributed by atoms with Crippen molar-refractivity contribution in [3.63, 3.8) is 0 Å². The predicted octanol–water partition coefficient (Wildman–Crippen LogP) is 4.48. The zero-order valence-electron chi connectivity index (χ0n) is 24.0. The first-order chi connectivity index (χ1) is 21.2. The Morgan fingerprint density at radius 3 is 2.07 bits per heavy atom. The van der Waals surface area contributed by atoms with Gasteiger partial charge in [-0.1, -0.05) is 43.0 Å². The normalized spacial score (nSPS) is 9.98. The van der Waals surface area contributed by atoms with Crippen LogP contribution in [0, 0.1) is 17.9 Å². The number of nitriles is 1. The summed E-state index contributed by atoms with van der Waals surface area (Å²) in [5.74, 6) is -3.22. The van der Waals surface area contributed by atoms with Crippen LogP contribution >= 0.6 is 18.8 Å². The maximum atomic E-state index is 12.0. The minimum atomic E-state index is -5.04. The molecule has 0 radical (unpaired) electrons. The van der Waals surface area contributed by atoms with E-state index in [0.717, 1.165) is 30.4 Å². The van der Waals surface area contributed by atoms with Crippen LogP contribution in [0.1, 0.15) is 37.4 Å². The molecule has 17 heteroatoms. The number of nitrogens with one attached hydrogen (secondary N) is 3. The van der Waals surface area contributed by atoms with E-state index in [0.29, 0.717) is 5.56 Å². The van der Waals surface area contributed by atoms with Crippen LogP contribution in [0.25, 0.3) is 4.85 Å². The van der Waals surface area contributed by atoms with Gasteiger partial charge in [-0.3, -0.25) is 15.0 Å². The van der Waals surface area contributed by atoms with Gasteiger partial charge < -0.3 is 26.3 Å². The molecule has 1 amide bonds. The van der Waals surface area contributed by atoms with Crippen molar-refractivity contribution in [1.29, 1.82) is 5.26 Å². The Morgan fingerprint density at radius 1 is 0.933 bits per heavy atom. The van der Waals surface area contributed by atoms with Crippen molar-refractivity contribution in [2.75, 3.05) is 31.0 Å². The summed E-state index contributed by atoms with van der Waals surface area (Å²) in [7, 11) is 7.46. The molecule has 0 heterocycles. The summed E-state index contributed by atoms with van der Waals surface area (Å²) in [6.45, 7) is 8.29. The highest BCUT2D eigenvalue weighted by Crippen LogP contribution is 2.25. The van der Waals surface area contributed by atoms with Gasteiger partial charge in [-0.15, -0.1) is 0 Å². The number of esters is 2. The van der Waals surface area contributed by atoms with Crippen molar-refractivity contribution in [2.45, 2.75) is 19.3 Å². The Kier molecular flexibility index (Phi) is 16.0. The topological polar surface area (TPSA) is 186 Å². The molecule has 0 aliphatic carbocycles. The number of ether oxygens (including phenoxy) is 2. The average Bonchev–Trinajstić information content (AvgIpc) is 3.01. The van der Waals surface area contributed by atoms with Gasteiger partial charge in [0.15, 0.2) is 5.69 Å². The zero-order chi connectivity index (χ0) is 34.2. The number of benzene rings is 3. The first kappa shape index (κ1) is 38.2. The fraction of sp³-hybridized carbons (Fsp3) is 0.179. The number of rotatable bonds is 7. The molecular weight excluding hydrogens is 633 g/mol. The van der Waals surface area contributed by atoms with E-state index in [-0.39, 0.29) is 28.2 Å². The second-order valence-corrected chi connectivity index (χ2v) is 9.30. The lowest BCUT2D eigenvalue weighted by Crippen LogP contribution is -2.30. The van der Waals surface area contributed by atoms with Gasteiger partial charge in [-0.05, 0) is 41.5 Å². The lowest BCUT2D eigenvalue weighted by atomic mass is 10.1. The summed E-state index contributed by atoms with van der Waals surface area (Å²) in [6.07, 6.45) is -5.04. The summed E-state index contributed by atoms with van der Waals surface area (Å²) < 4.78 is 45.0. The molecule has 45 heavy (non-hydrogen) atoms. The van der Waals surface area contributed by atoms with Crippen molar-refractivity contribution in [3.05, 3.63) is 93.8 Å². The lowest BCUT2D eigenvalue weighted by molar-refractivity contribution is -0.167. The van der Waals surface area contributed by atoms with Crippen LogP contribution in [0.15, 0.2) is 54.6 Å². The molecule has 3 rings (SSSR count). The molecule has 0 bridgehead atoms. The summed E-state index contributed by atoms with van der Waals surface area (Å²) in [5, 5.41) is 16.2. The Bertz CT molecular complexity index is 1590. The first-order valence-electron chi connectivity index (χ1n) is 12.4. The van der Waals surface area contributed by atoms with E-state index in [9.17, 15) is 27.6 Å². The van der Waals surface area contributed by atoms with Gasteiger partial charge in [0.05, 0.1) is 37.5 Å². The smallest absolute Gasteiger partial charge is 0.465 e. The molecule has 2 atom stereocenters. The SMILES string of the molecule is COC(=O)c1ccc(C(=O)OC)c(N)c1.Nc1cc(CNP)ccc1CNP.[C-]#[N+]c1ccc(C#N)c(NC(=O)C(F)(F)F)c1. The standard InChI is InChI=1S/C10H4F3N3O.C10H11NO4.C8H15N3P2/c1-15-7-3-2-6(5-14)8(4-7)16-9(17)10(11,12)13;1-14-9(12)6-3-4-7(8(11)5-6)10(13)15-2;9-8-3-6(4-10-12)1-2-7(8)5-11-13/h2-4H,(H,16,17);3-5H,11H2,1-2H3;1-3,10-11H,4-5,9,12-13H2. The van der Waals surface area contributed by atoms with Crippen LogP contribution in [0.5, 0.6) is 0 Å². The van der Waals surface area contributed by atoms with E-state index in [2.05, 4.69) is 49.3 Å². The number of nitrogens with two attached hydrogens (primary N) is 2. The summed E-state index contributed by atoms with van der Waals surface area (Å²) >= 11 is 0. The quantitative estimate of drug-likeness (QED) is 0.104. The third-order valence-corrected chi connectivity index (χ3v) is 5.85. The van der Waals surface area contributed by atoms with Gasteiger partial charge in [-0.25, -0.2) is 14.4 Å². The molecule has 12 nitrogen and oxygen atoms in total. The van der Waals surface area contributed by atoms with Gasteiger partial charge in [0, 0.05) is 30.2 Å². The first-order valence-corrected chi connectivity index (χ1v) is 13.5. The Balaban J connectivity index is 0.000000341. The van der Waals surface area contributed by atoms with Crippen molar-refractivity contribution in [1.82, 2.24) is 10.2 Å². The van der Waals surface area contributed by atoms with Crippen LogP contribution in [-0.4, -0.2) is 38.2 Å². The molecule has 0 aromatic heterocycles. The molecule has 0 fully saturated rings. The van der Waals surface area contributed by atoms with Crippen LogP contribution in [0.2, 0.25) is 0 Å². The van der Waals surface area contributed by atoms with Crippen LogP contribution < -0.4 is 27.0 Å². The predicted molar refractivity (Wildman–Crippen MR) is 170 cm³/mol. The highest BCUT2D eigenvalue weighted by atomic mass is 31.0. The monoisotopic (exact) mass is 663 g/mol. The second-order valence-electron chi connectivity index (χ2n) is 8.49. The molecule has 0 aliphatic rings. The number of amides is 1.